The van der Waals surface area contributed by atoms with E-state index in [0.717, 1.165) is 6.42 Å². The van der Waals surface area contributed by atoms with Gasteiger partial charge in [0.15, 0.2) is 9.84 Å². The summed E-state index contributed by atoms with van der Waals surface area (Å²) >= 11 is 18.1. The summed E-state index contributed by atoms with van der Waals surface area (Å²) in [4.78, 5) is 30.7. The molecular formula is C28H34Cl3N3O4S. The lowest BCUT2D eigenvalue weighted by molar-refractivity contribution is -0.133. The SMILES string of the molecule is CC(C)N(C)C1CCC(N2CCC(NC(=O)c3cc(Cl)cc(Cl)c3)C2=O)[C@H](CS(=O)(=O)c2ccc(Cl)cc2)C1. The van der Waals surface area contributed by atoms with E-state index in [-0.39, 0.29) is 40.1 Å². The van der Waals surface area contributed by atoms with Gasteiger partial charge >= 0.3 is 0 Å². The third kappa shape index (κ3) is 7.09. The number of nitrogens with zero attached hydrogens (tertiary/aromatic N) is 2. The second-order valence-corrected chi connectivity index (χ2v) is 14.1. The summed E-state index contributed by atoms with van der Waals surface area (Å²) in [5.74, 6) is -0.936. The zero-order valence-electron chi connectivity index (χ0n) is 22.2. The summed E-state index contributed by atoms with van der Waals surface area (Å²) in [5, 5.41) is 3.96. The molecular weight excluding hydrogens is 581 g/mol. The Morgan fingerprint density at radius 2 is 1.67 bits per heavy atom. The molecule has 2 aliphatic rings. The first-order valence-corrected chi connectivity index (χ1v) is 15.9. The molecule has 4 rings (SSSR count). The highest BCUT2D eigenvalue weighted by Crippen LogP contribution is 2.36. The summed E-state index contributed by atoms with van der Waals surface area (Å²) in [7, 11) is -1.55. The molecule has 4 atom stereocenters. The van der Waals surface area contributed by atoms with Crippen LogP contribution in [-0.4, -0.2) is 73.5 Å². The molecule has 2 fully saturated rings. The highest BCUT2D eigenvalue weighted by Gasteiger charge is 2.44. The monoisotopic (exact) mass is 613 g/mol. The average molecular weight is 615 g/mol. The highest BCUT2D eigenvalue weighted by atomic mass is 35.5. The van der Waals surface area contributed by atoms with E-state index in [1.165, 1.54) is 30.3 Å². The van der Waals surface area contributed by atoms with Crippen LogP contribution in [0.4, 0.5) is 0 Å². The van der Waals surface area contributed by atoms with E-state index in [0.29, 0.717) is 46.9 Å². The van der Waals surface area contributed by atoms with E-state index in [1.807, 2.05) is 0 Å². The summed E-state index contributed by atoms with van der Waals surface area (Å²) in [5.41, 5.74) is 0.280. The molecule has 1 N–H and O–H groups in total. The van der Waals surface area contributed by atoms with Gasteiger partial charge in [-0.05, 0) is 95.0 Å². The number of likely N-dealkylation sites (tertiary alicyclic amines) is 1. The van der Waals surface area contributed by atoms with Gasteiger partial charge in [-0.25, -0.2) is 8.42 Å². The number of carbonyl (C=O) groups excluding carboxylic acids is 2. The van der Waals surface area contributed by atoms with Crippen LogP contribution >= 0.6 is 34.8 Å². The number of hydrogen-bond donors (Lipinski definition) is 1. The van der Waals surface area contributed by atoms with Gasteiger partial charge in [-0.2, -0.15) is 0 Å². The van der Waals surface area contributed by atoms with Crippen LogP contribution in [0, 0.1) is 5.92 Å². The molecule has 0 bridgehead atoms. The number of carbonyl (C=O) groups is 2. The predicted molar refractivity (Wildman–Crippen MR) is 155 cm³/mol. The molecule has 11 heteroatoms. The quantitative estimate of drug-likeness (QED) is 0.435. The summed E-state index contributed by atoms with van der Waals surface area (Å²) in [6.45, 7) is 4.69. The second kappa shape index (κ2) is 12.4. The number of amides is 2. The Morgan fingerprint density at radius 3 is 2.28 bits per heavy atom. The molecule has 0 aromatic heterocycles. The lowest BCUT2D eigenvalue weighted by Gasteiger charge is -2.44. The Labute approximate surface area is 245 Å². The van der Waals surface area contributed by atoms with E-state index >= 15 is 0 Å². The van der Waals surface area contributed by atoms with Gasteiger partial charge in [-0.15, -0.1) is 0 Å². The van der Waals surface area contributed by atoms with Crippen molar-refractivity contribution in [2.24, 2.45) is 5.92 Å². The first-order valence-electron chi connectivity index (χ1n) is 13.1. The Kier molecular flexibility index (Phi) is 9.54. The Morgan fingerprint density at radius 1 is 1.03 bits per heavy atom. The lowest BCUT2D eigenvalue weighted by Crippen LogP contribution is -2.53. The van der Waals surface area contributed by atoms with Crippen molar-refractivity contribution in [3.8, 4) is 0 Å². The molecule has 2 aromatic carbocycles. The van der Waals surface area contributed by atoms with Gasteiger partial charge in [-0.3, -0.25) is 9.59 Å². The maximum atomic E-state index is 13.5. The minimum atomic E-state index is -3.61. The highest BCUT2D eigenvalue weighted by molar-refractivity contribution is 7.91. The standard InChI is InChI=1S/C28H34Cl3N3O4S/c1-17(2)33(3)23-6-9-26(19(14-23)16-39(37,38)24-7-4-20(29)5-8-24)34-11-10-25(28(34)36)32-27(35)18-12-21(30)15-22(31)13-18/h4-5,7-8,12-13,15,17,19,23,25-26H,6,9-11,14,16H2,1-3H3,(H,32,35)/t19-,23?,25?,26?/m0/s1. The number of nitrogens with one attached hydrogen (secondary N) is 1. The molecule has 212 valence electrons. The number of rotatable bonds is 8. The Balaban J connectivity index is 1.53. The van der Waals surface area contributed by atoms with Crippen LogP contribution in [-0.2, 0) is 14.6 Å². The molecule has 2 amide bonds. The van der Waals surface area contributed by atoms with Gasteiger partial charge in [0.05, 0.1) is 10.6 Å². The minimum absolute atomic E-state index is 0.0659. The largest absolute Gasteiger partial charge is 0.340 e. The predicted octanol–water partition coefficient (Wildman–Crippen LogP) is 5.33. The van der Waals surface area contributed by atoms with E-state index in [9.17, 15) is 18.0 Å². The molecule has 1 aliphatic heterocycles. The van der Waals surface area contributed by atoms with Crippen molar-refractivity contribution < 1.29 is 18.0 Å². The van der Waals surface area contributed by atoms with Gasteiger partial charge in [0.1, 0.15) is 6.04 Å². The van der Waals surface area contributed by atoms with E-state index in [4.69, 9.17) is 34.8 Å². The van der Waals surface area contributed by atoms with Gasteiger partial charge < -0.3 is 15.1 Å². The van der Waals surface area contributed by atoms with Crippen LogP contribution in [0.2, 0.25) is 15.1 Å². The molecule has 1 saturated carbocycles. The van der Waals surface area contributed by atoms with E-state index in [2.05, 4.69) is 31.1 Å². The summed E-state index contributed by atoms with van der Waals surface area (Å²) in [6, 6.07) is 10.4. The van der Waals surface area contributed by atoms with Crippen molar-refractivity contribution in [3.05, 3.63) is 63.1 Å². The van der Waals surface area contributed by atoms with Crippen LogP contribution < -0.4 is 5.32 Å². The van der Waals surface area contributed by atoms with Gasteiger partial charge in [0.2, 0.25) is 5.91 Å². The fraction of sp³-hybridized carbons (Fsp3) is 0.500. The molecule has 1 heterocycles. The fourth-order valence-corrected chi connectivity index (χ4v) is 8.03. The zero-order chi connectivity index (χ0) is 28.5. The second-order valence-electron chi connectivity index (χ2n) is 10.8. The maximum absolute atomic E-state index is 13.5. The molecule has 39 heavy (non-hydrogen) atoms. The molecule has 2 aromatic rings. The minimum Gasteiger partial charge on any atom is -0.340 e. The Bertz CT molecular complexity index is 1300. The topological polar surface area (TPSA) is 86.8 Å². The number of benzene rings is 2. The van der Waals surface area contributed by atoms with Gasteiger partial charge in [0, 0.05) is 45.3 Å². The molecule has 3 unspecified atom stereocenters. The smallest absolute Gasteiger partial charge is 0.252 e. The molecule has 0 spiro atoms. The molecule has 7 nitrogen and oxygen atoms in total. The number of hydrogen-bond acceptors (Lipinski definition) is 5. The van der Waals surface area contributed by atoms with Crippen molar-refractivity contribution in [3.63, 3.8) is 0 Å². The van der Waals surface area contributed by atoms with Crippen LogP contribution in [0.1, 0.15) is 49.9 Å². The van der Waals surface area contributed by atoms with E-state index in [1.54, 1.807) is 17.0 Å². The fourth-order valence-electron chi connectivity index (χ4n) is 5.72. The first kappa shape index (κ1) is 30.1. The lowest BCUT2D eigenvalue weighted by atomic mass is 9.81. The summed E-state index contributed by atoms with van der Waals surface area (Å²) < 4.78 is 26.9. The van der Waals surface area contributed by atoms with Crippen LogP contribution in [0.5, 0.6) is 0 Å². The van der Waals surface area contributed by atoms with Crippen molar-refractivity contribution in [1.29, 1.82) is 0 Å². The Hall–Kier alpha value is -1.84. The van der Waals surface area contributed by atoms with Crippen molar-refractivity contribution in [1.82, 2.24) is 15.1 Å². The maximum Gasteiger partial charge on any atom is 0.252 e. The van der Waals surface area contributed by atoms with Crippen LogP contribution in [0.15, 0.2) is 47.4 Å². The average Bonchev–Trinajstić information content (AvgIpc) is 3.22. The molecule has 0 radical (unpaired) electrons. The van der Waals surface area contributed by atoms with Crippen LogP contribution in [0.25, 0.3) is 0 Å². The third-order valence-corrected chi connectivity index (χ3v) is 10.5. The first-order chi connectivity index (χ1) is 18.4. The van der Waals surface area contributed by atoms with Gasteiger partial charge in [-0.1, -0.05) is 34.8 Å². The van der Waals surface area contributed by atoms with E-state index < -0.39 is 21.8 Å². The van der Waals surface area contributed by atoms with Gasteiger partial charge in [0.25, 0.3) is 5.91 Å². The summed E-state index contributed by atoms with van der Waals surface area (Å²) in [6.07, 6.45) is 2.66. The molecule has 1 saturated heterocycles. The van der Waals surface area contributed by atoms with Crippen molar-refractivity contribution >= 4 is 56.5 Å². The molecule has 1 aliphatic carbocycles. The zero-order valence-corrected chi connectivity index (χ0v) is 25.3. The number of halogens is 3. The third-order valence-electron chi connectivity index (χ3n) is 7.98. The van der Waals surface area contributed by atoms with Crippen molar-refractivity contribution in [2.45, 2.75) is 68.6 Å². The van der Waals surface area contributed by atoms with Crippen molar-refractivity contribution in [2.75, 3.05) is 19.3 Å². The normalized spacial score (nSPS) is 24.0. The van der Waals surface area contributed by atoms with Crippen LogP contribution in [0.3, 0.4) is 0 Å². The number of sulfone groups is 1.